The molecule has 0 heterocycles. The van der Waals surface area contributed by atoms with Crippen molar-refractivity contribution in [2.75, 3.05) is 0 Å². The number of hydrogen-bond acceptors (Lipinski definition) is 2. The molecule has 0 aliphatic rings. The third-order valence-corrected chi connectivity index (χ3v) is 5.79. The van der Waals surface area contributed by atoms with Crippen LogP contribution in [0.5, 0.6) is 0 Å². The summed E-state index contributed by atoms with van der Waals surface area (Å²) in [5.74, 6) is -0.593. The number of benzene rings is 2. The van der Waals surface area contributed by atoms with Crippen molar-refractivity contribution in [1.29, 1.82) is 0 Å². The van der Waals surface area contributed by atoms with E-state index < -0.39 is 6.04 Å². The van der Waals surface area contributed by atoms with Crippen LogP contribution in [0, 0.1) is 0 Å². The van der Waals surface area contributed by atoms with Crippen LogP contribution in [0.2, 0.25) is 20.1 Å². The van der Waals surface area contributed by atoms with Gasteiger partial charge in [-0.2, -0.15) is 0 Å². The van der Waals surface area contributed by atoms with Gasteiger partial charge in [-0.15, -0.1) is 0 Å². The largest absolute Gasteiger partial charge is 0.352 e. The Hall–Kier alpha value is -1.46. The number of nitrogens with one attached hydrogen (secondary N) is 1. The second kappa shape index (κ2) is 10.5. The smallest absolute Gasteiger partial charge is 0.242 e. The highest BCUT2D eigenvalue weighted by atomic mass is 35.5. The summed E-state index contributed by atoms with van der Waals surface area (Å²) in [6.07, 6.45) is -0.0557. The molecule has 2 rings (SSSR count). The van der Waals surface area contributed by atoms with Gasteiger partial charge in [-0.1, -0.05) is 58.5 Å². The highest BCUT2D eigenvalue weighted by Crippen LogP contribution is 2.29. The molecule has 0 radical (unpaired) electrons. The Bertz CT molecular complexity index is 862. The molecule has 0 fully saturated rings. The van der Waals surface area contributed by atoms with Crippen LogP contribution in [0.3, 0.4) is 0 Å². The highest BCUT2D eigenvalue weighted by Gasteiger charge is 2.28. The van der Waals surface area contributed by atoms with Gasteiger partial charge in [0.15, 0.2) is 0 Å². The van der Waals surface area contributed by atoms with E-state index >= 15 is 0 Å². The fourth-order valence-corrected chi connectivity index (χ4v) is 3.84. The van der Waals surface area contributed by atoms with Crippen LogP contribution in [0.15, 0.2) is 36.4 Å². The van der Waals surface area contributed by atoms with Gasteiger partial charge in [-0.3, -0.25) is 9.59 Å². The summed E-state index contributed by atoms with van der Waals surface area (Å²) in [6, 6.07) is 9.32. The molecule has 0 spiro atoms. The minimum absolute atomic E-state index is 0.0557. The van der Waals surface area contributed by atoms with Gasteiger partial charge in [0.1, 0.15) is 6.04 Å². The number of carbonyl (C=O) groups is 2. The lowest BCUT2D eigenvalue weighted by atomic mass is 10.1. The highest BCUT2D eigenvalue weighted by molar-refractivity contribution is 6.36. The average molecular weight is 476 g/mol. The molecule has 1 atom stereocenters. The SMILES string of the molecule is CC(C)NC(=O)[C@H](C)N(Cc1c(Cl)cccc1Cl)C(=O)Cc1c(Cl)cccc1Cl. The van der Waals surface area contributed by atoms with Gasteiger partial charge in [0.25, 0.3) is 0 Å². The van der Waals surface area contributed by atoms with E-state index in [4.69, 9.17) is 46.4 Å². The van der Waals surface area contributed by atoms with E-state index in [0.29, 0.717) is 31.2 Å². The van der Waals surface area contributed by atoms with Gasteiger partial charge >= 0.3 is 0 Å². The van der Waals surface area contributed by atoms with Crippen LogP contribution in [0.1, 0.15) is 31.9 Å². The zero-order chi connectivity index (χ0) is 21.7. The quantitative estimate of drug-likeness (QED) is 0.551. The summed E-state index contributed by atoms with van der Waals surface area (Å²) in [5.41, 5.74) is 1.08. The second-order valence-corrected chi connectivity index (χ2v) is 8.57. The third-order valence-electron chi connectivity index (χ3n) is 4.38. The molecule has 8 heteroatoms. The number of hydrogen-bond donors (Lipinski definition) is 1. The summed E-state index contributed by atoms with van der Waals surface area (Å²) >= 11 is 25.0. The van der Waals surface area contributed by atoms with Crippen molar-refractivity contribution in [2.45, 2.75) is 45.8 Å². The van der Waals surface area contributed by atoms with E-state index in [9.17, 15) is 9.59 Å². The number of halogens is 4. The molecule has 2 aromatic rings. The van der Waals surface area contributed by atoms with Gasteiger partial charge in [-0.05, 0) is 50.6 Å². The minimum atomic E-state index is -0.751. The van der Waals surface area contributed by atoms with Gasteiger partial charge < -0.3 is 10.2 Å². The summed E-state index contributed by atoms with van der Waals surface area (Å²) in [4.78, 5) is 27.3. The first-order chi connectivity index (χ1) is 13.6. The lowest BCUT2D eigenvalue weighted by Crippen LogP contribution is -2.49. The van der Waals surface area contributed by atoms with E-state index in [2.05, 4.69) is 5.32 Å². The molecule has 156 valence electrons. The van der Waals surface area contributed by atoms with Crippen molar-refractivity contribution >= 4 is 58.2 Å². The van der Waals surface area contributed by atoms with Crippen LogP contribution in [-0.4, -0.2) is 28.8 Å². The van der Waals surface area contributed by atoms with Crippen molar-refractivity contribution in [1.82, 2.24) is 10.2 Å². The molecular formula is C21H22Cl4N2O2. The molecule has 0 aliphatic heterocycles. The Kier molecular flexibility index (Phi) is 8.65. The first-order valence-corrected chi connectivity index (χ1v) is 10.6. The molecule has 2 amide bonds. The maximum atomic E-state index is 13.2. The average Bonchev–Trinajstić information content (AvgIpc) is 2.63. The summed E-state index contributed by atoms with van der Waals surface area (Å²) < 4.78 is 0. The van der Waals surface area contributed by atoms with Gasteiger partial charge in [-0.25, -0.2) is 0 Å². The lowest BCUT2D eigenvalue weighted by molar-refractivity contribution is -0.140. The molecule has 0 saturated carbocycles. The monoisotopic (exact) mass is 474 g/mol. The van der Waals surface area contributed by atoms with Gasteiger partial charge in [0.05, 0.1) is 6.42 Å². The first kappa shape index (κ1) is 23.8. The lowest BCUT2D eigenvalue weighted by Gasteiger charge is -2.30. The molecule has 0 aliphatic carbocycles. The summed E-state index contributed by atoms with van der Waals surface area (Å²) in [5, 5.41) is 4.45. The van der Waals surface area contributed by atoms with Crippen molar-refractivity contribution in [3.05, 3.63) is 67.6 Å². The van der Waals surface area contributed by atoms with Crippen LogP contribution in [-0.2, 0) is 22.6 Å². The number of nitrogens with zero attached hydrogens (tertiary/aromatic N) is 1. The topological polar surface area (TPSA) is 49.4 Å². The van der Waals surface area contributed by atoms with Crippen LogP contribution < -0.4 is 5.32 Å². The van der Waals surface area contributed by atoms with Crippen LogP contribution >= 0.6 is 46.4 Å². The van der Waals surface area contributed by atoms with Crippen LogP contribution in [0.4, 0.5) is 0 Å². The Morgan fingerprint density at radius 2 is 1.31 bits per heavy atom. The zero-order valence-corrected chi connectivity index (χ0v) is 19.3. The van der Waals surface area contributed by atoms with E-state index in [0.717, 1.165) is 0 Å². The Morgan fingerprint density at radius 3 is 1.76 bits per heavy atom. The normalized spacial score (nSPS) is 12.0. The number of carbonyl (C=O) groups excluding carboxylic acids is 2. The Balaban J connectivity index is 2.38. The molecule has 29 heavy (non-hydrogen) atoms. The van der Waals surface area contributed by atoms with Gasteiger partial charge in [0.2, 0.25) is 11.8 Å². The molecule has 4 nitrogen and oxygen atoms in total. The summed E-state index contributed by atoms with van der Waals surface area (Å²) in [7, 11) is 0. The maximum Gasteiger partial charge on any atom is 0.242 e. The predicted octanol–water partition coefficient (Wildman–Crippen LogP) is 5.78. The molecule has 2 aromatic carbocycles. The molecular weight excluding hydrogens is 454 g/mol. The maximum absolute atomic E-state index is 13.2. The minimum Gasteiger partial charge on any atom is -0.352 e. The summed E-state index contributed by atoms with van der Waals surface area (Å²) in [6.45, 7) is 5.44. The fourth-order valence-electron chi connectivity index (χ4n) is 2.80. The van der Waals surface area contributed by atoms with Crippen molar-refractivity contribution in [3.63, 3.8) is 0 Å². The molecule has 1 N–H and O–H groups in total. The van der Waals surface area contributed by atoms with E-state index in [1.54, 1.807) is 43.3 Å². The number of rotatable bonds is 7. The Morgan fingerprint density at radius 1 is 0.862 bits per heavy atom. The fraction of sp³-hybridized carbons (Fsp3) is 0.333. The standard InChI is InChI=1S/C21H22Cl4N2O2/c1-12(2)26-21(29)13(3)27(11-15-18(24)8-5-9-19(15)25)20(28)10-14-16(22)6-4-7-17(14)23/h4-9,12-13H,10-11H2,1-3H3,(H,26,29)/t13-/m0/s1. The Labute approximate surface area is 191 Å². The van der Waals surface area contributed by atoms with Crippen molar-refractivity contribution in [2.24, 2.45) is 0 Å². The van der Waals surface area contributed by atoms with E-state index in [1.165, 1.54) is 4.90 Å². The third kappa shape index (κ3) is 6.26. The van der Waals surface area contributed by atoms with Crippen molar-refractivity contribution in [3.8, 4) is 0 Å². The molecule has 0 bridgehead atoms. The predicted molar refractivity (Wildman–Crippen MR) is 120 cm³/mol. The molecule has 0 aromatic heterocycles. The number of amides is 2. The second-order valence-electron chi connectivity index (χ2n) is 6.94. The zero-order valence-electron chi connectivity index (χ0n) is 16.3. The van der Waals surface area contributed by atoms with E-state index in [-0.39, 0.29) is 30.8 Å². The van der Waals surface area contributed by atoms with E-state index in [1.807, 2.05) is 13.8 Å². The molecule has 0 unspecified atom stereocenters. The van der Waals surface area contributed by atoms with Crippen molar-refractivity contribution < 1.29 is 9.59 Å². The first-order valence-electron chi connectivity index (χ1n) is 9.07. The van der Waals surface area contributed by atoms with Gasteiger partial charge in [0, 0.05) is 38.2 Å². The van der Waals surface area contributed by atoms with Crippen LogP contribution in [0.25, 0.3) is 0 Å². The molecule has 0 saturated heterocycles.